The number of carboxylic acids is 1. The molecule has 2 fully saturated rings. The van der Waals surface area contributed by atoms with Crippen LogP contribution < -0.4 is 4.90 Å². The minimum Gasteiger partial charge on any atom is -0.481 e. The molecule has 2 aromatic rings. The van der Waals surface area contributed by atoms with Crippen molar-refractivity contribution in [1.29, 1.82) is 0 Å². The molecule has 1 aromatic heterocycles. The van der Waals surface area contributed by atoms with Crippen LogP contribution in [0.4, 0.5) is 5.95 Å². The highest BCUT2D eigenvalue weighted by Gasteiger charge is 2.40. The van der Waals surface area contributed by atoms with Crippen molar-refractivity contribution >= 4 is 11.9 Å². The third-order valence-electron chi connectivity index (χ3n) is 7.06. The number of hydrogen-bond donors (Lipinski definition) is 1. The Morgan fingerprint density at radius 2 is 1.94 bits per heavy atom. The summed E-state index contributed by atoms with van der Waals surface area (Å²) in [7, 11) is 0. The van der Waals surface area contributed by atoms with Crippen LogP contribution in [-0.2, 0) is 33.5 Å². The van der Waals surface area contributed by atoms with Crippen molar-refractivity contribution in [1.82, 2.24) is 14.9 Å². The van der Waals surface area contributed by atoms with Gasteiger partial charge in [-0.15, -0.1) is 0 Å². The van der Waals surface area contributed by atoms with Crippen LogP contribution in [0.5, 0.6) is 0 Å². The minimum atomic E-state index is -0.821. The molecule has 0 radical (unpaired) electrons. The molecule has 35 heavy (non-hydrogen) atoms. The zero-order valence-electron chi connectivity index (χ0n) is 20.8. The fraction of sp³-hybridized carbons (Fsp3) is 0.593. The number of benzene rings is 1. The monoisotopic (exact) mass is 482 g/mol. The maximum Gasteiger partial charge on any atom is 0.305 e. The Labute approximate surface area is 208 Å². The van der Waals surface area contributed by atoms with E-state index >= 15 is 0 Å². The minimum absolute atomic E-state index is 0.0556. The van der Waals surface area contributed by atoms with Gasteiger partial charge in [0.1, 0.15) is 0 Å². The summed E-state index contributed by atoms with van der Waals surface area (Å²) in [5, 5.41) is 8.68. The molecule has 3 heterocycles. The normalized spacial score (nSPS) is 18.1. The summed E-state index contributed by atoms with van der Waals surface area (Å²) in [4.78, 5) is 24.7. The molecule has 2 aliphatic heterocycles. The fourth-order valence-corrected chi connectivity index (χ4v) is 4.92. The Kier molecular flexibility index (Phi) is 9.06. The number of ether oxygens (including phenoxy) is 2. The Morgan fingerprint density at radius 3 is 2.71 bits per heavy atom. The van der Waals surface area contributed by atoms with Crippen molar-refractivity contribution in [2.45, 2.75) is 51.0 Å². The van der Waals surface area contributed by atoms with Crippen LogP contribution in [0.3, 0.4) is 0 Å². The molecule has 0 unspecified atom stereocenters. The number of nitrogens with zero attached hydrogens (tertiary/aromatic N) is 4. The number of hydrogen-bond acceptors (Lipinski definition) is 7. The van der Waals surface area contributed by atoms with Gasteiger partial charge in [0.25, 0.3) is 0 Å². The van der Waals surface area contributed by atoms with Gasteiger partial charge in [-0.1, -0.05) is 31.2 Å². The summed E-state index contributed by atoms with van der Waals surface area (Å²) in [6, 6.07) is 10.6. The molecule has 8 heteroatoms. The van der Waals surface area contributed by atoms with Crippen LogP contribution >= 0.6 is 0 Å². The molecule has 2 saturated heterocycles. The van der Waals surface area contributed by atoms with Crippen LogP contribution in [-0.4, -0.2) is 84.1 Å². The number of likely N-dealkylation sites (tertiary alicyclic amines) is 1. The number of piperidine rings is 1. The van der Waals surface area contributed by atoms with Crippen molar-refractivity contribution in [2.75, 3.05) is 57.4 Å². The van der Waals surface area contributed by atoms with E-state index < -0.39 is 5.97 Å². The summed E-state index contributed by atoms with van der Waals surface area (Å²) in [6.07, 6.45) is 6.73. The maximum absolute atomic E-state index is 10.6. The van der Waals surface area contributed by atoms with E-state index in [1.54, 1.807) is 0 Å². The van der Waals surface area contributed by atoms with Crippen LogP contribution in [0, 0.1) is 0 Å². The van der Waals surface area contributed by atoms with Crippen molar-refractivity contribution in [3.63, 3.8) is 0 Å². The third kappa shape index (κ3) is 7.46. The zero-order valence-corrected chi connectivity index (χ0v) is 20.8. The highest BCUT2D eigenvalue weighted by Crippen LogP contribution is 2.31. The van der Waals surface area contributed by atoms with Gasteiger partial charge in [-0.05, 0) is 49.3 Å². The number of aromatic nitrogens is 2. The van der Waals surface area contributed by atoms with Crippen molar-refractivity contribution < 1.29 is 19.4 Å². The molecule has 0 amide bonds. The van der Waals surface area contributed by atoms with Crippen molar-refractivity contribution in [3.05, 3.63) is 53.3 Å². The lowest BCUT2D eigenvalue weighted by atomic mass is 9.89. The van der Waals surface area contributed by atoms with Gasteiger partial charge in [0.15, 0.2) is 0 Å². The molecule has 4 rings (SSSR count). The van der Waals surface area contributed by atoms with E-state index in [1.165, 1.54) is 11.1 Å². The zero-order chi connectivity index (χ0) is 24.5. The predicted octanol–water partition coefficient (Wildman–Crippen LogP) is 2.99. The number of aliphatic carboxylic acids is 1. The van der Waals surface area contributed by atoms with Gasteiger partial charge in [-0.3, -0.25) is 4.79 Å². The first-order chi connectivity index (χ1) is 17.0. The molecule has 1 N–H and O–H groups in total. The van der Waals surface area contributed by atoms with Gasteiger partial charge >= 0.3 is 5.97 Å². The second kappa shape index (κ2) is 12.4. The highest BCUT2D eigenvalue weighted by atomic mass is 16.5. The van der Waals surface area contributed by atoms with E-state index in [-0.39, 0.29) is 18.6 Å². The lowest BCUT2D eigenvalue weighted by Gasteiger charge is -2.47. The molecule has 1 aromatic carbocycles. The number of anilines is 1. The van der Waals surface area contributed by atoms with Gasteiger partial charge < -0.3 is 24.4 Å². The average Bonchev–Trinajstić information content (AvgIpc) is 2.88. The van der Waals surface area contributed by atoms with Crippen LogP contribution in [0.1, 0.15) is 43.0 Å². The molecule has 0 aliphatic carbocycles. The van der Waals surface area contributed by atoms with E-state index in [2.05, 4.69) is 46.0 Å². The largest absolute Gasteiger partial charge is 0.481 e. The number of rotatable bonds is 11. The number of carbonyl (C=O) groups is 1. The van der Waals surface area contributed by atoms with Crippen molar-refractivity contribution in [2.24, 2.45) is 0 Å². The van der Waals surface area contributed by atoms with Gasteiger partial charge in [0, 0.05) is 38.1 Å². The van der Waals surface area contributed by atoms with E-state index in [9.17, 15) is 4.79 Å². The summed E-state index contributed by atoms with van der Waals surface area (Å²) < 4.78 is 11.8. The number of morpholine rings is 1. The molecule has 0 bridgehead atoms. The maximum atomic E-state index is 10.6. The average molecular weight is 483 g/mol. The lowest BCUT2D eigenvalue weighted by Crippen LogP contribution is -2.57. The Bertz CT molecular complexity index is 962. The summed E-state index contributed by atoms with van der Waals surface area (Å²) in [5.41, 5.74) is 3.56. The summed E-state index contributed by atoms with van der Waals surface area (Å²) in [6.45, 7) is 8.51. The fourth-order valence-electron chi connectivity index (χ4n) is 4.92. The van der Waals surface area contributed by atoms with Gasteiger partial charge in [-0.25, -0.2) is 9.97 Å². The molecular formula is C27H38N4O4. The Hall–Kier alpha value is -2.55. The highest BCUT2D eigenvalue weighted by molar-refractivity contribution is 5.66. The summed E-state index contributed by atoms with van der Waals surface area (Å²) >= 11 is 0. The first-order valence-corrected chi connectivity index (χ1v) is 12.9. The lowest BCUT2D eigenvalue weighted by molar-refractivity contribution is -0.138. The first-order valence-electron chi connectivity index (χ1n) is 12.9. The molecule has 0 saturated carbocycles. The van der Waals surface area contributed by atoms with E-state index in [0.717, 1.165) is 83.1 Å². The van der Waals surface area contributed by atoms with E-state index in [4.69, 9.17) is 19.6 Å². The quantitative estimate of drug-likeness (QED) is 0.489. The van der Waals surface area contributed by atoms with Gasteiger partial charge in [0.2, 0.25) is 5.95 Å². The second-order valence-electron chi connectivity index (χ2n) is 9.57. The molecular weight excluding hydrogens is 444 g/mol. The second-order valence-corrected chi connectivity index (χ2v) is 9.57. The number of aryl methyl sites for hydroxylation is 1. The topological polar surface area (TPSA) is 88.0 Å². The SMILES string of the molecule is CCc1ccnc(N2CCOC3(CCN(CCc4cccc(CCOCCC(=O)O)c4)CC3)C2)n1. The summed E-state index contributed by atoms with van der Waals surface area (Å²) in [5.74, 6) is 0.0143. The van der Waals surface area contributed by atoms with Gasteiger partial charge in [-0.2, -0.15) is 0 Å². The predicted molar refractivity (Wildman–Crippen MR) is 135 cm³/mol. The molecule has 2 aliphatic rings. The Balaban J connectivity index is 1.22. The third-order valence-corrected chi connectivity index (χ3v) is 7.06. The first kappa shape index (κ1) is 25.5. The molecule has 1 spiro atoms. The number of carboxylic acid groups (broad SMARTS) is 1. The van der Waals surface area contributed by atoms with Crippen LogP contribution in [0.2, 0.25) is 0 Å². The smallest absolute Gasteiger partial charge is 0.305 e. The Morgan fingerprint density at radius 1 is 1.14 bits per heavy atom. The molecule has 0 atom stereocenters. The van der Waals surface area contributed by atoms with Gasteiger partial charge in [0.05, 0.1) is 38.4 Å². The molecule has 190 valence electrons. The van der Waals surface area contributed by atoms with Crippen molar-refractivity contribution in [3.8, 4) is 0 Å². The van der Waals surface area contributed by atoms with Crippen LogP contribution in [0.25, 0.3) is 0 Å². The van der Waals surface area contributed by atoms with E-state index in [0.29, 0.717) is 6.61 Å². The van der Waals surface area contributed by atoms with E-state index in [1.807, 2.05) is 12.3 Å². The van der Waals surface area contributed by atoms with Crippen LogP contribution in [0.15, 0.2) is 36.5 Å². The standard InChI is InChI=1S/C27H38N4O4/c1-2-24-6-12-28-26(29-24)31-16-19-35-27(21-31)10-14-30(15-11-27)13-7-22-4-3-5-23(20-22)8-17-34-18-9-25(32)33/h3-6,12,20H,2,7-11,13-19,21H2,1H3,(H,32,33). The molecule has 8 nitrogen and oxygen atoms in total.